The predicted octanol–water partition coefficient (Wildman–Crippen LogP) is 4.51. The van der Waals surface area contributed by atoms with E-state index in [0.717, 1.165) is 34.4 Å². The first-order chi connectivity index (χ1) is 13.3. The van der Waals surface area contributed by atoms with Crippen LogP contribution in [0.2, 0.25) is 0 Å². The second-order valence-corrected chi connectivity index (χ2v) is 7.78. The standard InChI is InChI=1S/C20H18FN5S/c21-14-8-6-13(7-9-14)12-22-18-17-15-4-1-2-5-16(15)27-19(17)25-20(24-18)26-11-3-10-23-26/h3,6-11H,1-2,4-5,12H2,(H,22,24,25). The summed E-state index contributed by atoms with van der Waals surface area (Å²) in [6.45, 7) is 0.579. The minimum Gasteiger partial charge on any atom is -0.365 e. The number of benzene rings is 1. The molecule has 0 unspecified atom stereocenters. The Labute approximate surface area is 159 Å². The molecule has 3 heterocycles. The molecule has 0 saturated heterocycles. The average molecular weight is 379 g/mol. The van der Waals surface area contributed by atoms with E-state index in [1.54, 1.807) is 34.3 Å². The lowest BCUT2D eigenvalue weighted by atomic mass is 9.97. The zero-order chi connectivity index (χ0) is 18.2. The highest BCUT2D eigenvalue weighted by Gasteiger charge is 2.21. The lowest BCUT2D eigenvalue weighted by molar-refractivity contribution is 0.627. The van der Waals surface area contributed by atoms with Gasteiger partial charge in [-0.05, 0) is 55.0 Å². The molecule has 0 radical (unpaired) electrons. The van der Waals surface area contributed by atoms with E-state index in [9.17, 15) is 4.39 Å². The van der Waals surface area contributed by atoms with Crippen molar-refractivity contribution in [1.82, 2.24) is 19.7 Å². The molecule has 7 heteroatoms. The molecule has 3 aromatic heterocycles. The molecule has 1 aliphatic carbocycles. The van der Waals surface area contributed by atoms with Gasteiger partial charge in [0.2, 0.25) is 0 Å². The Morgan fingerprint density at radius 3 is 2.78 bits per heavy atom. The molecule has 1 aliphatic rings. The van der Waals surface area contributed by atoms with Crippen molar-refractivity contribution >= 4 is 27.4 Å². The number of hydrogen-bond acceptors (Lipinski definition) is 5. The largest absolute Gasteiger partial charge is 0.365 e. The molecule has 0 saturated carbocycles. The van der Waals surface area contributed by atoms with Crippen LogP contribution < -0.4 is 5.32 Å². The summed E-state index contributed by atoms with van der Waals surface area (Å²) in [5.41, 5.74) is 2.39. The smallest absolute Gasteiger partial charge is 0.253 e. The van der Waals surface area contributed by atoms with E-state index in [2.05, 4.69) is 10.4 Å². The molecule has 4 aromatic rings. The van der Waals surface area contributed by atoms with Crippen LogP contribution in [-0.4, -0.2) is 19.7 Å². The van der Waals surface area contributed by atoms with E-state index in [0.29, 0.717) is 12.5 Å². The van der Waals surface area contributed by atoms with Gasteiger partial charge in [-0.2, -0.15) is 15.1 Å². The minimum atomic E-state index is -0.226. The Morgan fingerprint density at radius 2 is 1.96 bits per heavy atom. The van der Waals surface area contributed by atoms with Crippen LogP contribution in [0.3, 0.4) is 0 Å². The second-order valence-electron chi connectivity index (χ2n) is 6.69. The maximum absolute atomic E-state index is 13.2. The van der Waals surface area contributed by atoms with Crippen molar-refractivity contribution in [2.45, 2.75) is 32.2 Å². The number of aromatic nitrogens is 4. The maximum atomic E-state index is 13.2. The van der Waals surface area contributed by atoms with Crippen LogP contribution in [0, 0.1) is 5.82 Å². The summed E-state index contributed by atoms with van der Waals surface area (Å²) in [7, 11) is 0. The Kier molecular flexibility index (Phi) is 4.09. The fourth-order valence-corrected chi connectivity index (χ4v) is 4.81. The van der Waals surface area contributed by atoms with E-state index in [1.165, 1.54) is 35.4 Å². The Bertz CT molecular complexity index is 1090. The molecule has 0 spiro atoms. The van der Waals surface area contributed by atoms with Crippen molar-refractivity contribution in [3.8, 4) is 5.95 Å². The SMILES string of the molecule is Fc1ccc(CNc2nc(-n3cccn3)nc3sc4c(c23)CCCC4)cc1. The van der Waals surface area contributed by atoms with Gasteiger partial charge in [0.05, 0.1) is 5.39 Å². The van der Waals surface area contributed by atoms with E-state index >= 15 is 0 Å². The lowest BCUT2D eigenvalue weighted by Gasteiger charge is -2.13. The highest BCUT2D eigenvalue weighted by atomic mass is 32.1. The number of anilines is 1. The molecule has 0 fully saturated rings. The van der Waals surface area contributed by atoms with Crippen LogP contribution in [-0.2, 0) is 19.4 Å². The fraction of sp³-hybridized carbons (Fsp3) is 0.250. The predicted molar refractivity (Wildman–Crippen MR) is 105 cm³/mol. The second kappa shape index (κ2) is 6.74. The molecule has 5 nitrogen and oxygen atoms in total. The monoisotopic (exact) mass is 379 g/mol. The summed E-state index contributed by atoms with van der Waals surface area (Å²) in [5.74, 6) is 1.16. The van der Waals surface area contributed by atoms with Gasteiger partial charge in [0.25, 0.3) is 5.95 Å². The molecular formula is C20H18FN5S. The van der Waals surface area contributed by atoms with Crippen molar-refractivity contribution < 1.29 is 4.39 Å². The van der Waals surface area contributed by atoms with Gasteiger partial charge >= 0.3 is 0 Å². The quantitative estimate of drug-likeness (QED) is 0.567. The highest BCUT2D eigenvalue weighted by molar-refractivity contribution is 7.19. The summed E-state index contributed by atoms with van der Waals surface area (Å²) in [6.07, 6.45) is 8.20. The van der Waals surface area contributed by atoms with Gasteiger partial charge in [-0.25, -0.2) is 9.07 Å². The zero-order valence-electron chi connectivity index (χ0n) is 14.7. The third-order valence-electron chi connectivity index (χ3n) is 4.89. The normalized spacial score (nSPS) is 13.7. The first-order valence-electron chi connectivity index (χ1n) is 9.08. The van der Waals surface area contributed by atoms with E-state index in [1.807, 2.05) is 12.3 Å². The Morgan fingerprint density at radius 1 is 1.11 bits per heavy atom. The molecule has 1 N–H and O–H groups in total. The number of thiophene rings is 1. The molecule has 136 valence electrons. The molecule has 0 aliphatic heterocycles. The van der Waals surface area contributed by atoms with Crippen LogP contribution in [0.5, 0.6) is 0 Å². The van der Waals surface area contributed by atoms with Gasteiger partial charge in [0.1, 0.15) is 16.5 Å². The summed E-state index contributed by atoms with van der Waals surface area (Å²) >= 11 is 1.77. The first kappa shape index (κ1) is 16.4. The van der Waals surface area contributed by atoms with Crippen molar-refractivity contribution in [1.29, 1.82) is 0 Å². The van der Waals surface area contributed by atoms with Crippen LogP contribution in [0.4, 0.5) is 10.2 Å². The average Bonchev–Trinajstić information content (AvgIpc) is 3.35. The number of nitrogens with zero attached hydrogens (tertiary/aromatic N) is 4. The Balaban J connectivity index is 1.59. The Hall–Kier alpha value is -2.80. The fourth-order valence-electron chi connectivity index (χ4n) is 3.55. The molecular weight excluding hydrogens is 361 g/mol. The van der Waals surface area contributed by atoms with Gasteiger partial charge in [0, 0.05) is 23.8 Å². The van der Waals surface area contributed by atoms with Crippen LogP contribution in [0.25, 0.3) is 16.2 Å². The van der Waals surface area contributed by atoms with Gasteiger partial charge in [-0.15, -0.1) is 11.3 Å². The van der Waals surface area contributed by atoms with E-state index in [4.69, 9.17) is 9.97 Å². The topological polar surface area (TPSA) is 55.6 Å². The number of nitrogens with one attached hydrogen (secondary N) is 1. The summed E-state index contributed by atoms with van der Waals surface area (Å²) < 4.78 is 14.8. The number of fused-ring (bicyclic) bond motifs is 3. The number of hydrogen-bond donors (Lipinski definition) is 1. The molecule has 1 aromatic carbocycles. The van der Waals surface area contributed by atoms with E-state index in [-0.39, 0.29) is 5.82 Å². The maximum Gasteiger partial charge on any atom is 0.253 e. The summed E-state index contributed by atoms with van der Waals surface area (Å²) in [6, 6.07) is 8.40. The van der Waals surface area contributed by atoms with Crippen molar-refractivity contribution in [3.05, 3.63) is 64.5 Å². The van der Waals surface area contributed by atoms with Crippen molar-refractivity contribution in [2.75, 3.05) is 5.32 Å². The van der Waals surface area contributed by atoms with Gasteiger partial charge in [-0.1, -0.05) is 12.1 Å². The van der Waals surface area contributed by atoms with E-state index < -0.39 is 0 Å². The van der Waals surface area contributed by atoms with Crippen LogP contribution >= 0.6 is 11.3 Å². The van der Waals surface area contributed by atoms with Gasteiger partial charge in [0.15, 0.2) is 0 Å². The number of rotatable bonds is 4. The van der Waals surface area contributed by atoms with Crippen LogP contribution in [0.15, 0.2) is 42.7 Å². The first-order valence-corrected chi connectivity index (χ1v) is 9.90. The molecule has 27 heavy (non-hydrogen) atoms. The summed E-state index contributed by atoms with van der Waals surface area (Å²) in [4.78, 5) is 12.0. The third-order valence-corrected chi connectivity index (χ3v) is 6.07. The summed E-state index contributed by atoms with van der Waals surface area (Å²) in [5, 5.41) is 8.86. The molecule has 0 amide bonds. The molecule has 5 rings (SSSR count). The van der Waals surface area contributed by atoms with Gasteiger partial charge in [-0.3, -0.25) is 0 Å². The number of halogens is 1. The number of aryl methyl sites for hydroxylation is 2. The van der Waals surface area contributed by atoms with Crippen molar-refractivity contribution in [3.63, 3.8) is 0 Å². The molecule has 0 atom stereocenters. The van der Waals surface area contributed by atoms with Gasteiger partial charge < -0.3 is 5.32 Å². The molecule has 0 bridgehead atoms. The zero-order valence-corrected chi connectivity index (χ0v) is 15.5. The highest BCUT2D eigenvalue weighted by Crippen LogP contribution is 2.39. The third kappa shape index (κ3) is 3.08. The minimum absolute atomic E-state index is 0.226. The van der Waals surface area contributed by atoms with Crippen molar-refractivity contribution in [2.24, 2.45) is 0 Å². The van der Waals surface area contributed by atoms with Crippen LogP contribution in [0.1, 0.15) is 28.8 Å². The lowest BCUT2D eigenvalue weighted by Crippen LogP contribution is -2.08.